The number of rotatable bonds is 3. The molecule has 1 aromatic carbocycles. The maximum Gasteiger partial charge on any atom is 0.420 e. The summed E-state index contributed by atoms with van der Waals surface area (Å²) in [5, 5.41) is 4.22. The normalized spacial score (nSPS) is 16.7. The van der Waals surface area contributed by atoms with E-state index in [2.05, 4.69) is 15.1 Å². The van der Waals surface area contributed by atoms with E-state index >= 15 is 0 Å². The van der Waals surface area contributed by atoms with Gasteiger partial charge in [-0.15, -0.1) is 0 Å². The molecule has 1 amide bonds. The van der Waals surface area contributed by atoms with E-state index < -0.39 is 29.1 Å². The summed E-state index contributed by atoms with van der Waals surface area (Å²) < 4.78 is 55.9. The van der Waals surface area contributed by atoms with Crippen molar-refractivity contribution in [2.24, 2.45) is 0 Å². The number of fused-ring (bicyclic) bond motifs is 1. The fourth-order valence-electron chi connectivity index (χ4n) is 4.25. The summed E-state index contributed by atoms with van der Waals surface area (Å²) in [5.41, 5.74) is -0.597. The molecule has 1 saturated heterocycles. The fourth-order valence-corrected chi connectivity index (χ4v) is 4.25. The maximum atomic E-state index is 13.9. The molecule has 0 spiro atoms. The molecule has 1 aliphatic rings. The molecular formula is C24H19F4N5O. The summed E-state index contributed by atoms with van der Waals surface area (Å²) in [5.74, 6) is -0.988. The van der Waals surface area contributed by atoms with Gasteiger partial charge in [0.2, 0.25) is 0 Å². The molecule has 0 radical (unpaired) electrons. The second-order valence-electron chi connectivity index (χ2n) is 8.11. The monoisotopic (exact) mass is 469 g/mol. The fraction of sp³-hybridized carbons (Fsp3) is 0.250. The Balaban J connectivity index is 1.57. The predicted molar refractivity (Wildman–Crippen MR) is 115 cm³/mol. The molecule has 10 heteroatoms. The van der Waals surface area contributed by atoms with Crippen LogP contribution < -0.4 is 0 Å². The van der Waals surface area contributed by atoms with Crippen LogP contribution in [0.25, 0.3) is 16.9 Å². The number of hydrogen-bond acceptors (Lipinski definition) is 4. The molecule has 174 valence electrons. The maximum absolute atomic E-state index is 13.9. The lowest BCUT2D eigenvalue weighted by Gasteiger charge is -2.34. The molecule has 4 heterocycles. The second kappa shape index (κ2) is 8.51. The van der Waals surface area contributed by atoms with Crippen LogP contribution >= 0.6 is 0 Å². The number of carbonyl (C=O) groups excluding carboxylic acids is 1. The van der Waals surface area contributed by atoms with Gasteiger partial charge in [0.15, 0.2) is 5.65 Å². The highest BCUT2D eigenvalue weighted by Crippen LogP contribution is 2.35. The lowest BCUT2D eigenvalue weighted by molar-refractivity contribution is -0.136. The molecule has 34 heavy (non-hydrogen) atoms. The van der Waals surface area contributed by atoms with Crippen LogP contribution in [0.3, 0.4) is 0 Å². The number of hydrogen-bond donors (Lipinski definition) is 0. The predicted octanol–water partition coefficient (Wildman–Crippen LogP) is 5.32. The van der Waals surface area contributed by atoms with Crippen molar-refractivity contribution in [2.45, 2.75) is 31.5 Å². The van der Waals surface area contributed by atoms with E-state index in [1.165, 1.54) is 18.3 Å². The molecule has 1 atom stereocenters. The van der Waals surface area contributed by atoms with Crippen LogP contribution in [0.15, 0.2) is 60.9 Å². The smallest absolute Gasteiger partial charge is 0.329 e. The Hall–Kier alpha value is -3.82. The number of benzene rings is 1. The number of piperidine rings is 1. The van der Waals surface area contributed by atoms with Crippen LogP contribution in [-0.2, 0) is 6.18 Å². The number of halogens is 4. The van der Waals surface area contributed by atoms with Crippen molar-refractivity contribution in [1.29, 1.82) is 0 Å². The van der Waals surface area contributed by atoms with Crippen molar-refractivity contribution < 1.29 is 22.4 Å². The summed E-state index contributed by atoms with van der Waals surface area (Å²) in [6, 6.07) is 11.0. The number of aromatic nitrogens is 4. The second-order valence-corrected chi connectivity index (χ2v) is 8.11. The Kier molecular flexibility index (Phi) is 5.51. The molecule has 0 aliphatic carbocycles. The van der Waals surface area contributed by atoms with Gasteiger partial charge < -0.3 is 4.90 Å². The van der Waals surface area contributed by atoms with Gasteiger partial charge >= 0.3 is 6.18 Å². The highest BCUT2D eigenvalue weighted by atomic mass is 19.4. The molecule has 0 bridgehead atoms. The van der Waals surface area contributed by atoms with Gasteiger partial charge in [-0.05, 0) is 61.7 Å². The number of amides is 1. The van der Waals surface area contributed by atoms with Gasteiger partial charge in [0.1, 0.15) is 17.1 Å². The van der Waals surface area contributed by atoms with Crippen LogP contribution in [0.4, 0.5) is 17.6 Å². The zero-order valence-corrected chi connectivity index (χ0v) is 17.8. The third-order valence-corrected chi connectivity index (χ3v) is 5.88. The largest absolute Gasteiger partial charge is 0.420 e. The third-order valence-electron chi connectivity index (χ3n) is 5.88. The Bertz CT molecular complexity index is 1340. The van der Waals surface area contributed by atoms with Crippen molar-refractivity contribution in [3.05, 3.63) is 83.7 Å². The van der Waals surface area contributed by atoms with E-state index in [9.17, 15) is 22.4 Å². The van der Waals surface area contributed by atoms with Crippen LogP contribution in [0, 0.1) is 5.82 Å². The molecule has 4 aromatic rings. The molecular weight excluding hydrogens is 450 g/mol. The molecule has 5 rings (SSSR count). The number of alkyl halides is 3. The first kappa shape index (κ1) is 22.0. The van der Waals surface area contributed by atoms with Crippen molar-refractivity contribution in [3.8, 4) is 11.3 Å². The Morgan fingerprint density at radius 2 is 1.85 bits per heavy atom. The van der Waals surface area contributed by atoms with Crippen LogP contribution in [0.1, 0.15) is 47.1 Å². The summed E-state index contributed by atoms with van der Waals surface area (Å²) in [6.07, 6.45) is 0.529. The molecule has 0 N–H and O–H groups in total. The zero-order chi connectivity index (χ0) is 23.9. The standard InChI is InChI=1S/C24H19F4N5O/c25-16-9-7-15(8-10-16)19-13-17(24(26,27)28)22-30-20(14-33(22)31-19)23(34)32-12-4-2-6-21(32)18-5-1-3-11-29-18/h1,3,5,7-11,13-14,21H,2,4,6,12H2. The minimum absolute atomic E-state index is 0.0134. The minimum atomic E-state index is -4.73. The van der Waals surface area contributed by atoms with Crippen molar-refractivity contribution in [2.75, 3.05) is 6.54 Å². The molecule has 1 fully saturated rings. The van der Waals surface area contributed by atoms with Crippen LogP contribution in [0.5, 0.6) is 0 Å². The number of nitrogens with zero attached hydrogens (tertiary/aromatic N) is 5. The van der Waals surface area contributed by atoms with Gasteiger partial charge in [-0.25, -0.2) is 13.9 Å². The van der Waals surface area contributed by atoms with E-state index in [4.69, 9.17) is 0 Å². The Labute approximate surface area is 191 Å². The summed E-state index contributed by atoms with van der Waals surface area (Å²) in [7, 11) is 0. The molecule has 0 saturated carbocycles. The average Bonchev–Trinajstić information content (AvgIpc) is 3.27. The van der Waals surface area contributed by atoms with Crippen molar-refractivity contribution in [1.82, 2.24) is 24.5 Å². The number of imidazole rings is 1. The van der Waals surface area contributed by atoms with Gasteiger partial charge in [0.25, 0.3) is 5.91 Å². The molecule has 3 aromatic heterocycles. The number of carbonyl (C=O) groups is 1. The molecule has 6 nitrogen and oxygen atoms in total. The number of likely N-dealkylation sites (tertiary alicyclic amines) is 1. The number of pyridine rings is 1. The first-order valence-electron chi connectivity index (χ1n) is 10.8. The lowest BCUT2D eigenvalue weighted by Crippen LogP contribution is -2.39. The SMILES string of the molecule is O=C(c1cn2nc(-c3ccc(F)cc3)cc(C(F)(F)F)c2n1)N1CCCCC1c1ccccn1. The summed E-state index contributed by atoms with van der Waals surface area (Å²) in [4.78, 5) is 23.4. The van der Waals surface area contributed by atoms with E-state index in [0.29, 0.717) is 18.5 Å². The van der Waals surface area contributed by atoms with Crippen molar-refractivity contribution >= 4 is 11.6 Å². The third kappa shape index (κ3) is 4.11. The highest BCUT2D eigenvalue weighted by Gasteiger charge is 2.37. The highest BCUT2D eigenvalue weighted by molar-refractivity contribution is 5.93. The first-order chi connectivity index (χ1) is 16.3. The van der Waals surface area contributed by atoms with Gasteiger partial charge in [0, 0.05) is 18.3 Å². The molecule has 1 aliphatic heterocycles. The van der Waals surface area contributed by atoms with Crippen LogP contribution in [0.2, 0.25) is 0 Å². The van der Waals surface area contributed by atoms with E-state index in [1.807, 2.05) is 12.1 Å². The van der Waals surface area contributed by atoms with Gasteiger partial charge in [-0.3, -0.25) is 9.78 Å². The Morgan fingerprint density at radius 3 is 2.56 bits per heavy atom. The topological polar surface area (TPSA) is 63.4 Å². The molecule has 1 unspecified atom stereocenters. The Morgan fingerprint density at radius 1 is 1.06 bits per heavy atom. The van der Waals surface area contributed by atoms with Crippen molar-refractivity contribution in [3.63, 3.8) is 0 Å². The van der Waals surface area contributed by atoms with E-state index in [-0.39, 0.29) is 17.4 Å². The van der Waals surface area contributed by atoms with E-state index in [1.54, 1.807) is 17.2 Å². The van der Waals surface area contributed by atoms with Crippen LogP contribution in [-0.4, -0.2) is 36.9 Å². The van der Waals surface area contributed by atoms with Gasteiger partial charge in [0.05, 0.1) is 23.6 Å². The summed E-state index contributed by atoms with van der Waals surface area (Å²) >= 11 is 0. The zero-order valence-electron chi connectivity index (χ0n) is 17.8. The van der Waals surface area contributed by atoms with E-state index in [0.717, 1.165) is 41.3 Å². The van der Waals surface area contributed by atoms with Gasteiger partial charge in [-0.1, -0.05) is 6.07 Å². The quantitative estimate of drug-likeness (QED) is 0.381. The first-order valence-corrected chi connectivity index (χ1v) is 10.8. The average molecular weight is 469 g/mol. The lowest BCUT2D eigenvalue weighted by atomic mass is 9.98. The van der Waals surface area contributed by atoms with Gasteiger partial charge in [-0.2, -0.15) is 18.3 Å². The summed E-state index contributed by atoms with van der Waals surface area (Å²) in [6.45, 7) is 0.453. The minimum Gasteiger partial charge on any atom is -0.329 e.